The fraction of sp³-hybridized carbons (Fsp3) is 0.154. The van der Waals surface area contributed by atoms with Crippen molar-refractivity contribution in [2.24, 2.45) is 0 Å². The van der Waals surface area contributed by atoms with E-state index >= 15 is 0 Å². The molecule has 0 aliphatic heterocycles. The average molecular weight is 444 g/mol. The molecule has 0 saturated heterocycles. The Morgan fingerprint density at radius 1 is 0.909 bits per heavy atom. The summed E-state index contributed by atoms with van der Waals surface area (Å²) in [5, 5.41) is 0.522. The molecule has 7 heteroatoms. The summed E-state index contributed by atoms with van der Waals surface area (Å²) in [5.74, 6) is 1.86. The van der Waals surface area contributed by atoms with Gasteiger partial charge in [0.25, 0.3) is 5.56 Å². The monoisotopic (exact) mass is 443 g/mol. The van der Waals surface area contributed by atoms with Gasteiger partial charge in [0.15, 0.2) is 17.3 Å². The molecule has 0 aliphatic rings. The first kappa shape index (κ1) is 22.0. The van der Waals surface area contributed by atoms with E-state index in [0.29, 0.717) is 46.1 Å². The number of fused-ring (bicyclic) bond motifs is 1. The van der Waals surface area contributed by atoms with Crippen LogP contribution in [-0.2, 0) is 0 Å². The lowest BCUT2D eigenvalue weighted by molar-refractivity contribution is 0.324. The molecule has 0 atom stereocenters. The van der Waals surface area contributed by atoms with Crippen LogP contribution >= 0.6 is 0 Å². The maximum Gasteiger partial charge on any atom is 0.280 e. The van der Waals surface area contributed by atoms with E-state index in [0.717, 1.165) is 5.56 Å². The quantitative estimate of drug-likeness (QED) is 0.437. The Balaban J connectivity index is 1.80. The largest absolute Gasteiger partial charge is 0.493 e. The lowest BCUT2D eigenvalue weighted by Crippen LogP contribution is -2.31. The summed E-state index contributed by atoms with van der Waals surface area (Å²) in [5.41, 5.74) is 5.31. The van der Waals surface area contributed by atoms with Crippen LogP contribution in [0.4, 0.5) is 0 Å². The fourth-order valence-electron chi connectivity index (χ4n) is 3.59. The van der Waals surface area contributed by atoms with E-state index < -0.39 is 0 Å². The van der Waals surface area contributed by atoms with Crippen molar-refractivity contribution in [2.75, 3.05) is 33.3 Å². The van der Waals surface area contributed by atoms with Gasteiger partial charge in [-0.2, -0.15) is 0 Å². The number of benzene rings is 3. The van der Waals surface area contributed by atoms with Crippen molar-refractivity contribution in [3.8, 4) is 28.6 Å². The second-order valence-corrected chi connectivity index (χ2v) is 7.18. The van der Waals surface area contributed by atoms with Crippen molar-refractivity contribution in [1.82, 2.24) is 9.66 Å². The molecule has 0 amide bonds. The molecule has 0 unspecified atom stereocenters. The molecule has 33 heavy (non-hydrogen) atoms. The molecule has 168 valence electrons. The van der Waals surface area contributed by atoms with Crippen LogP contribution in [0, 0.1) is 0 Å². The number of nitrogens with zero attached hydrogens (tertiary/aromatic N) is 2. The molecular weight excluding hydrogens is 418 g/mol. The van der Waals surface area contributed by atoms with Crippen LogP contribution in [-0.4, -0.2) is 37.5 Å². The lowest BCUT2D eigenvalue weighted by atomic mass is 10.1. The van der Waals surface area contributed by atoms with Gasteiger partial charge in [0, 0.05) is 12.1 Å². The van der Waals surface area contributed by atoms with Crippen molar-refractivity contribution < 1.29 is 14.2 Å². The Morgan fingerprint density at radius 3 is 2.24 bits per heavy atom. The first-order valence-corrected chi connectivity index (χ1v) is 10.4. The van der Waals surface area contributed by atoms with Crippen LogP contribution in [0.2, 0.25) is 0 Å². The van der Waals surface area contributed by atoms with Crippen LogP contribution in [0.15, 0.2) is 77.6 Å². The van der Waals surface area contributed by atoms with Gasteiger partial charge in [-0.1, -0.05) is 54.6 Å². The second-order valence-electron chi connectivity index (χ2n) is 7.18. The Labute approximate surface area is 191 Å². The fourth-order valence-corrected chi connectivity index (χ4v) is 3.59. The Hall–Kier alpha value is -4.26. The van der Waals surface area contributed by atoms with Crippen molar-refractivity contribution in [1.29, 1.82) is 0 Å². The summed E-state index contributed by atoms with van der Waals surface area (Å²) in [7, 11) is 4.65. The van der Waals surface area contributed by atoms with Gasteiger partial charge in [0.2, 0.25) is 5.75 Å². The van der Waals surface area contributed by atoms with E-state index in [-0.39, 0.29) is 5.56 Å². The molecule has 4 rings (SSSR count). The van der Waals surface area contributed by atoms with Crippen LogP contribution in [0.1, 0.15) is 5.56 Å². The molecule has 0 saturated carbocycles. The van der Waals surface area contributed by atoms with Gasteiger partial charge in [0.05, 0.1) is 32.2 Å². The highest BCUT2D eigenvalue weighted by molar-refractivity contribution is 5.80. The van der Waals surface area contributed by atoms with Gasteiger partial charge >= 0.3 is 0 Å². The molecule has 4 aromatic rings. The van der Waals surface area contributed by atoms with E-state index in [9.17, 15) is 4.79 Å². The molecule has 3 aromatic carbocycles. The van der Waals surface area contributed by atoms with Crippen molar-refractivity contribution in [3.63, 3.8) is 0 Å². The van der Waals surface area contributed by atoms with Crippen molar-refractivity contribution in [3.05, 3.63) is 88.7 Å². The first-order chi connectivity index (χ1) is 16.2. The summed E-state index contributed by atoms with van der Waals surface area (Å²) in [6, 6.07) is 20.8. The predicted molar refractivity (Wildman–Crippen MR) is 131 cm³/mol. The number of para-hydroxylation sites is 1. The van der Waals surface area contributed by atoms with Gasteiger partial charge in [-0.05, 0) is 29.8 Å². The van der Waals surface area contributed by atoms with E-state index in [1.807, 2.05) is 60.7 Å². The normalized spacial score (nSPS) is 11.0. The van der Waals surface area contributed by atoms with Crippen LogP contribution in [0.3, 0.4) is 0 Å². The van der Waals surface area contributed by atoms with Crippen LogP contribution in [0.25, 0.3) is 28.4 Å². The van der Waals surface area contributed by atoms with Crippen LogP contribution < -0.4 is 25.2 Å². The predicted octanol–water partition coefficient (Wildman–Crippen LogP) is 4.35. The molecule has 1 aromatic heterocycles. The SMILES string of the molecule is COc1cc(-c2nc3ccccc3c(=O)n2NC/C=C/c2ccccc2)cc(OC)c1OC. The maximum absolute atomic E-state index is 13.4. The van der Waals surface area contributed by atoms with Gasteiger partial charge in [-0.3, -0.25) is 4.79 Å². The molecule has 0 spiro atoms. The number of hydrogen-bond acceptors (Lipinski definition) is 6. The Morgan fingerprint density at radius 2 is 1.58 bits per heavy atom. The number of hydrogen-bond donors (Lipinski definition) is 1. The van der Waals surface area contributed by atoms with E-state index in [1.54, 1.807) is 39.5 Å². The summed E-state index contributed by atoms with van der Waals surface area (Å²) in [6.07, 6.45) is 3.95. The van der Waals surface area contributed by atoms with Gasteiger partial charge < -0.3 is 19.6 Å². The number of nitrogens with one attached hydrogen (secondary N) is 1. The van der Waals surface area contributed by atoms with Crippen LogP contribution in [0.5, 0.6) is 17.2 Å². The zero-order chi connectivity index (χ0) is 23.2. The van der Waals surface area contributed by atoms with E-state index in [2.05, 4.69) is 5.43 Å². The standard InChI is InChI=1S/C26H25N3O4/c1-31-22-16-19(17-23(32-2)24(22)33-3)25-28-21-14-8-7-13-20(21)26(30)29(25)27-15-9-12-18-10-5-4-6-11-18/h4-14,16-17,27H,15H2,1-3H3/b12-9+. The second kappa shape index (κ2) is 9.91. The number of aromatic nitrogens is 2. The highest BCUT2D eigenvalue weighted by Gasteiger charge is 2.18. The molecule has 0 radical (unpaired) electrons. The first-order valence-electron chi connectivity index (χ1n) is 10.4. The molecule has 7 nitrogen and oxygen atoms in total. The molecular formula is C26H25N3O4. The van der Waals surface area contributed by atoms with Crippen molar-refractivity contribution >= 4 is 17.0 Å². The zero-order valence-electron chi connectivity index (χ0n) is 18.7. The highest BCUT2D eigenvalue weighted by Crippen LogP contribution is 2.40. The Bertz CT molecular complexity index is 1320. The topological polar surface area (TPSA) is 74.6 Å². The van der Waals surface area contributed by atoms with Gasteiger partial charge in [-0.25, -0.2) is 9.66 Å². The third kappa shape index (κ3) is 4.52. The highest BCUT2D eigenvalue weighted by atomic mass is 16.5. The van der Waals surface area contributed by atoms with E-state index in [1.165, 1.54) is 4.68 Å². The minimum atomic E-state index is -0.197. The molecule has 1 N–H and O–H groups in total. The van der Waals surface area contributed by atoms with Gasteiger partial charge in [-0.15, -0.1) is 0 Å². The summed E-state index contributed by atoms with van der Waals surface area (Å²) in [6.45, 7) is 0.423. The minimum absolute atomic E-state index is 0.197. The zero-order valence-corrected chi connectivity index (χ0v) is 18.7. The summed E-state index contributed by atoms with van der Waals surface area (Å²) < 4.78 is 17.9. The molecule has 0 bridgehead atoms. The summed E-state index contributed by atoms with van der Waals surface area (Å²) >= 11 is 0. The lowest BCUT2D eigenvalue weighted by Gasteiger charge is -2.17. The molecule has 0 fully saturated rings. The third-order valence-corrected chi connectivity index (χ3v) is 5.18. The summed E-state index contributed by atoms with van der Waals surface area (Å²) in [4.78, 5) is 18.1. The number of methoxy groups -OCH3 is 3. The third-order valence-electron chi connectivity index (χ3n) is 5.18. The Kier molecular flexibility index (Phi) is 6.59. The average Bonchev–Trinajstić information content (AvgIpc) is 2.87. The number of ether oxygens (including phenoxy) is 3. The van der Waals surface area contributed by atoms with Gasteiger partial charge in [0.1, 0.15) is 0 Å². The number of rotatable bonds is 8. The van der Waals surface area contributed by atoms with E-state index in [4.69, 9.17) is 19.2 Å². The minimum Gasteiger partial charge on any atom is -0.493 e. The molecule has 1 heterocycles. The smallest absolute Gasteiger partial charge is 0.280 e. The van der Waals surface area contributed by atoms with Crippen molar-refractivity contribution in [2.45, 2.75) is 0 Å². The maximum atomic E-state index is 13.4. The molecule has 0 aliphatic carbocycles.